The number of hydrogen-bond acceptors (Lipinski definition) is 4. The van der Waals surface area contributed by atoms with Crippen LogP contribution in [0.5, 0.6) is 0 Å². The Morgan fingerprint density at radius 3 is 2.10 bits per heavy atom. The van der Waals surface area contributed by atoms with Gasteiger partial charge in [-0.3, -0.25) is 4.90 Å². The first kappa shape index (κ1) is 17.9. The van der Waals surface area contributed by atoms with Gasteiger partial charge < -0.3 is 14.8 Å². The molecule has 0 unspecified atom stereocenters. The summed E-state index contributed by atoms with van der Waals surface area (Å²) in [6.45, 7) is 11.7. The Labute approximate surface area is 125 Å². The molecular weight excluding hydrogens is 252 g/mol. The van der Waals surface area contributed by atoms with Crippen LogP contribution >= 0.6 is 0 Å². The average molecular weight is 286 g/mol. The van der Waals surface area contributed by atoms with Gasteiger partial charge in [0.25, 0.3) is 0 Å². The first-order chi connectivity index (χ1) is 9.86. The quantitative estimate of drug-likeness (QED) is 0.527. The molecule has 0 radical (unpaired) electrons. The van der Waals surface area contributed by atoms with Crippen molar-refractivity contribution in [2.75, 3.05) is 52.6 Å². The van der Waals surface area contributed by atoms with Crippen LogP contribution in [-0.4, -0.2) is 63.5 Å². The third kappa shape index (κ3) is 8.90. The summed E-state index contributed by atoms with van der Waals surface area (Å²) in [5.74, 6) is 0. The third-order valence-electron chi connectivity index (χ3n) is 3.95. The van der Waals surface area contributed by atoms with E-state index in [1.165, 1.54) is 32.1 Å². The van der Waals surface area contributed by atoms with Gasteiger partial charge in [-0.15, -0.1) is 0 Å². The Bertz CT molecular complexity index is 199. The minimum atomic E-state index is 0.787. The molecule has 1 aliphatic rings. The molecule has 0 heterocycles. The van der Waals surface area contributed by atoms with Gasteiger partial charge in [0.15, 0.2) is 0 Å². The zero-order valence-corrected chi connectivity index (χ0v) is 13.5. The van der Waals surface area contributed by atoms with E-state index >= 15 is 0 Å². The van der Waals surface area contributed by atoms with Gasteiger partial charge in [-0.25, -0.2) is 0 Å². The summed E-state index contributed by atoms with van der Waals surface area (Å²) in [5.41, 5.74) is 0. The molecule has 20 heavy (non-hydrogen) atoms. The number of hydrogen-bond donors (Lipinski definition) is 1. The molecule has 0 aromatic rings. The Balaban J connectivity index is 2.06. The lowest BCUT2D eigenvalue weighted by atomic mass is 10.2. The van der Waals surface area contributed by atoms with Crippen LogP contribution in [0.4, 0.5) is 0 Å². The van der Waals surface area contributed by atoms with Crippen molar-refractivity contribution < 1.29 is 9.47 Å². The summed E-state index contributed by atoms with van der Waals surface area (Å²) in [7, 11) is 0. The molecule has 0 saturated heterocycles. The predicted molar refractivity (Wildman–Crippen MR) is 84.3 cm³/mol. The highest BCUT2D eigenvalue weighted by Crippen LogP contribution is 2.17. The first-order valence-corrected chi connectivity index (χ1v) is 8.48. The van der Waals surface area contributed by atoms with Crippen LogP contribution in [-0.2, 0) is 9.47 Å². The molecule has 1 aliphatic carbocycles. The lowest BCUT2D eigenvalue weighted by Crippen LogP contribution is -2.35. The van der Waals surface area contributed by atoms with Gasteiger partial charge in [-0.2, -0.15) is 0 Å². The van der Waals surface area contributed by atoms with Gasteiger partial charge >= 0.3 is 0 Å². The molecule has 0 aromatic heterocycles. The van der Waals surface area contributed by atoms with E-state index in [0.29, 0.717) is 0 Å². The highest BCUT2D eigenvalue weighted by Gasteiger charge is 2.13. The van der Waals surface area contributed by atoms with Gasteiger partial charge in [0, 0.05) is 32.3 Å². The Morgan fingerprint density at radius 1 is 0.950 bits per heavy atom. The minimum absolute atomic E-state index is 0.787. The molecule has 120 valence electrons. The summed E-state index contributed by atoms with van der Waals surface area (Å²) in [6, 6.07) is 0.787. The van der Waals surface area contributed by atoms with E-state index in [0.717, 1.165) is 58.6 Å². The number of rotatable bonds is 13. The van der Waals surface area contributed by atoms with E-state index in [2.05, 4.69) is 24.1 Å². The Kier molecular flexibility index (Phi) is 11.2. The molecular formula is C16H34N2O2. The van der Waals surface area contributed by atoms with Crippen LogP contribution in [0.3, 0.4) is 0 Å². The second-order valence-electron chi connectivity index (χ2n) is 5.52. The van der Waals surface area contributed by atoms with Crippen molar-refractivity contribution in [1.29, 1.82) is 0 Å². The molecule has 1 rings (SSSR count). The summed E-state index contributed by atoms with van der Waals surface area (Å²) in [6.07, 6.45) is 6.78. The molecule has 0 aliphatic heterocycles. The van der Waals surface area contributed by atoms with Crippen molar-refractivity contribution >= 4 is 0 Å². The maximum atomic E-state index is 5.46. The zero-order chi connectivity index (χ0) is 14.5. The van der Waals surface area contributed by atoms with Crippen LogP contribution < -0.4 is 5.32 Å². The third-order valence-corrected chi connectivity index (χ3v) is 3.95. The van der Waals surface area contributed by atoms with Crippen molar-refractivity contribution in [3.63, 3.8) is 0 Å². The lowest BCUT2D eigenvalue weighted by molar-refractivity contribution is 0.0822. The highest BCUT2D eigenvalue weighted by atomic mass is 16.5. The summed E-state index contributed by atoms with van der Waals surface area (Å²) < 4.78 is 10.9. The number of nitrogens with zero attached hydrogens (tertiary/aromatic N) is 1. The molecule has 0 atom stereocenters. The minimum Gasteiger partial charge on any atom is -0.380 e. The van der Waals surface area contributed by atoms with E-state index in [9.17, 15) is 0 Å². The average Bonchev–Trinajstić information content (AvgIpc) is 2.96. The van der Waals surface area contributed by atoms with Gasteiger partial charge in [0.05, 0.1) is 13.2 Å². The van der Waals surface area contributed by atoms with Crippen molar-refractivity contribution in [3.8, 4) is 0 Å². The van der Waals surface area contributed by atoms with E-state index < -0.39 is 0 Å². The van der Waals surface area contributed by atoms with Crippen molar-refractivity contribution in [3.05, 3.63) is 0 Å². The maximum Gasteiger partial charge on any atom is 0.0593 e. The highest BCUT2D eigenvalue weighted by molar-refractivity contribution is 4.73. The lowest BCUT2D eigenvalue weighted by Gasteiger charge is -2.22. The molecule has 1 fully saturated rings. The van der Waals surface area contributed by atoms with Gasteiger partial charge in [0.1, 0.15) is 0 Å². The largest absolute Gasteiger partial charge is 0.380 e. The normalized spacial score (nSPS) is 16.4. The monoisotopic (exact) mass is 286 g/mol. The number of nitrogens with one attached hydrogen (secondary N) is 1. The summed E-state index contributed by atoms with van der Waals surface area (Å²) in [4.78, 5) is 2.46. The van der Waals surface area contributed by atoms with Gasteiger partial charge in [-0.05, 0) is 46.2 Å². The van der Waals surface area contributed by atoms with Gasteiger partial charge in [0.2, 0.25) is 0 Å². The van der Waals surface area contributed by atoms with Crippen LogP contribution in [0.25, 0.3) is 0 Å². The summed E-state index contributed by atoms with van der Waals surface area (Å²) in [5, 5.41) is 3.68. The molecule has 1 N–H and O–H groups in total. The smallest absolute Gasteiger partial charge is 0.0593 e. The summed E-state index contributed by atoms with van der Waals surface area (Å²) >= 11 is 0. The van der Waals surface area contributed by atoms with E-state index in [1.807, 2.05) is 0 Å². The molecule has 0 spiro atoms. The van der Waals surface area contributed by atoms with Crippen LogP contribution in [0.1, 0.15) is 46.0 Å². The van der Waals surface area contributed by atoms with Crippen molar-refractivity contribution in [1.82, 2.24) is 10.2 Å². The van der Waals surface area contributed by atoms with Crippen LogP contribution in [0, 0.1) is 0 Å². The SMILES string of the molecule is CCOCCN(CCCNC1CCCC1)CCOCC. The fourth-order valence-corrected chi connectivity index (χ4v) is 2.75. The molecule has 0 amide bonds. The fraction of sp³-hybridized carbons (Fsp3) is 1.00. The maximum absolute atomic E-state index is 5.46. The van der Waals surface area contributed by atoms with Crippen LogP contribution in [0.15, 0.2) is 0 Å². The van der Waals surface area contributed by atoms with Crippen molar-refractivity contribution in [2.24, 2.45) is 0 Å². The molecule has 4 heteroatoms. The number of ether oxygens (including phenoxy) is 2. The van der Waals surface area contributed by atoms with E-state index in [-0.39, 0.29) is 0 Å². The van der Waals surface area contributed by atoms with Crippen molar-refractivity contribution in [2.45, 2.75) is 52.0 Å². The molecule has 4 nitrogen and oxygen atoms in total. The van der Waals surface area contributed by atoms with E-state index in [1.54, 1.807) is 0 Å². The Morgan fingerprint density at radius 2 is 1.55 bits per heavy atom. The first-order valence-electron chi connectivity index (χ1n) is 8.48. The predicted octanol–water partition coefficient (Wildman–Crippen LogP) is 2.28. The topological polar surface area (TPSA) is 33.7 Å². The van der Waals surface area contributed by atoms with Gasteiger partial charge in [-0.1, -0.05) is 12.8 Å². The molecule has 1 saturated carbocycles. The second kappa shape index (κ2) is 12.6. The van der Waals surface area contributed by atoms with Crippen LogP contribution in [0.2, 0.25) is 0 Å². The standard InChI is InChI=1S/C16H34N2O2/c1-3-19-14-12-18(13-15-20-4-2)11-7-10-17-16-8-5-6-9-16/h16-17H,3-15H2,1-2H3. The zero-order valence-electron chi connectivity index (χ0n) is 13.5. The fourth-order valence-electron chi connectivity index (χ4n) is 2.75. The molecule has 0 aromatic carbocycles. The molecule has 0 bridgehead atoms. The Hall–Kier alpha value is -0.160. The van der Waals surface area contributed by atoms with E-state index in [4.69, 9.17) is 9.47 Å². The second-order valence-corrected chi connectivity index (χ2v) is 5.52.